The van der Waals surface area contributed by atoms with Crippen molar-refractivity contribution in [2.75, 3.05) is 13.3 Å². The second-order valence-electron chi connectivity index (χ2n) is 8.65. The van der Waals surface area contributed by atoms with Gasteiger partial charge in [0.1, 0.15) is 0 Å². The summed E-state index contributed by atoms with van der Waals surface area (Å²) in [5, 5.41) is 9.81. The molecule has 0 saturated heterocycles. The van der Waals surface area contributed by atoms with Gasteiger partial charge < -0.3 is 0 Å². The highest BCUT2D eigenvalue weighted by molar-refractivity contribution is 7.90. The summed E-state index contributed by atoms with van der Waals surface area (Å²) < 4.78 is 26.0. The number of para-hydroxylation sites is 1. The van der Waals surface area contributed by atoms with Crippen molar-refractivity contribution in [3.63, 3.8) is 0 Å². The highest BCUT2D eigenvalue weighted by atomic mass is 35.5. The summed E-state index contributed by atoms with van der Waals surface area (Å²) in [6.07, 6.45) is 1.23. The van der Waals surface area contributed by atoms with Crippen LogP contribution in [0.3, 0.4) is 0 Å². The van der Waals surface area contributed by atoms with Gasteiger partial charge in [0.2, 0.25) is 0 Å². The first kappa shape index (κ1) is 24.9. The molecule has 0 bridgehead atoms. The van der Waals surface area contributed by atoms with Crippen LogP contribution < -0.4 is 0 Å². The van der Waals surface area contributed by atoms with E-state index in [4.69, 9.17) is 16.7 Å². The molecule has 0 aliphatic carbocycles. The molecule has 3 aromatic heterocycles. The second kappa shape index (κ2) is 10.3. The first-order valence-electron chi connectivity index (χ1n) is 11.2. The lowest BCUT2D eigenvalue weighted by molar-refractivity contribution is 0.315. The van der Waals surface area contributed by atoms with E-state index < -0.39 is 9.84 Å². The first-order valence-corrected chi connectivity index (χ1v) is 15.2. The van der Waals surface area contributed by atoms with Crippen LogP contribution in [-0.2, 0) is 22.9 Å². The van der Waals surface area contributed by atoms with Crippen molar-refractivity contribution in [1.82, 2.24) is 14.7 Å². The Bertz CT molecular complexity index is 1600. The van der Waals surface area contributed by atoms with Crippen molar-refractivity contribution in [3.8, 4) is 26.7 Å². The Kier molecular flexibility index (Phi) is 7.14. The molecule has 0 aliphatic rings. The SMILES string of the molecule is CN(Cc1ccsc1)Cc1cc(-c2ccc(-c3cccc(S(C)(=O)=O)c3)s2)n(-c2ccccc2Cl)n1. The van der Waals surface area contributed by atoms with Gasteiger partial charge in [0.25, 0.3) is 0 Å². The minimum Gasteiger partial charge on any atom is -0.296 e. The van der Waals surface area contributed by atoms with Gasteiger partial charge in [0.15, 0.2) is 9.84 Å². The van der Waals surface area contributed by atoms with Crippen molar-refractivity contribution in [2.24, 2.45) is 0 Å². The zero-order chi connectivity index (χ0) is 25.3. The molecule has 9 heteroatoms. The summed E-state index contributed by atoms with van der Waals surface area (Å²) in [7, 11) is -1.19. The molecule has 0 fully saturated rings. The molecule has 2 aromatic carbocycles. The van der Waals surface area contributed by atoms with Gasteiger partial charge in [-0.1, -0.05) is 35.9 Å². The van der Waals surface area contributed by atoms with Crippen LogP contribution in [0.1, 0.15) is 11.3 Å². The standard InChI is InChI=1S/C27H24ClN3O2S3/c1-30(16-19-12-13-34-18-19)17-21-15-25(31(29-21)24-9-4-3-8-23(24)28)27-11-10-26(35-27)20-6-5-7-22(14-20)36(2,32)33/h3-15,18H,16-17H2,1-2H3. The summed E-state index contributed by atoms with van der Waals surface area (Å²) in [6, 6.07) is 23.1. The molecule has 0 atom stereocenters. The Morgan fingerprint density at radius 1 is 0.972 bits per heavy atom. The zero-order valence-electron chi connectivity index (χ0n) is 19.8. The number of thiophene rings is 2. The van der Waals surface area contributed by atoms with E-state index in [1.807, 2.05) is 41.1 Å². The van der Waals surface area contributed by atoms with Crippen LogP contribution in [0.15, 0.2) is 88.5 Å². The largest absolute Gasteiger partial charge is 0.296 e. The number of benzene rings is 2. The predicted molar refractivity (Wildman–Crippen MR) is 150 cm³/mol. The Labute approximate surface area is 224 Å². The molecule has 5 nitrogen and oxygen atoms in total. The van der Waals surface area contributed by atoms with E-state index in [1.165, 1.54) is 11.8 Å². The normalized spacial score (nSPS) is 11.9. The number of rotatable bonds is 8. The molecule has 0 spiro atoms. The van der Waals surface area contributed by atoms with Gasteiger partial charge in [-0.2, -0.15) is 16.4 Å². The molecule has 0 radical (unpaired) electrons. The van der Waals surface area contributed by atoms with E-state index in [0.29, 0.717) is 16.5 Å². The lowest BCUT2D eigenvalue weighted by Crippen LogP contribution is -2.17. The van der Waals surface area contributed by atoms with E-state index >= 15 is 0 Å². The molecular weight excluding hydrogens is 530 g/mol. The van der Waals surface area contributed by atoms with E-state index in [9.17, 15) is 8.42 Å². The van der Waals surface area contributed by atoms with Gasteiger partial charge in [-0.05, 0) is 77.5 Å². The van der Waals surface area contributed by atoms with Crippen molar-refractivity contribution in [3.05, 3.63) is 99.8 Å². The first-order chi connectivity index (χ1) is 17.3. The van der Waals surface area contributed by atoms with Gasteiger partial charge in [-0.15, -0.1) is 11.3 Å². The van der Waals surface area contributed by atoms with Crippen molar-refractivity contribution in [2.45, 2.75) is 18.0 Å². The van der Waals surface area contributed by atoms with E-state index in [2.05, 4.69) is 40.9 Å². The molecule has 3 heterocycles. The van der Waals surface area contributed by atoms with E-state index in [1.54, 1.807) is 40.9 Å². The van der Waals surface area contributed by atoms with Gasteiger partial charge in [-0.3, -0.25) is 4.90 Å². The summed E-state index contributed by atoms with van der Waals surface area (Å²) in [6.45, 7) is 1.53. The Morgan fingerprint density at radius 2 is 1.78 bits per heavy atom. The maximum atomic E-state index is 12.0. The summed E-state index contributed by atoms with van der Waals surface area (Å²) in [4.78, 5) is 4.56. The van der Waals surface area contributed by atoms with Crippen molar-refractivity contribution in [1.29, 1.82) is 0 Å². The second-order valence-corrected chi connectivity index (χ2v) is 12.9. The van der Waals surface area contributed by atoms with Crippen LogP contribution in [0.4, 0.5) is 0 Å². The van der Waals surface area contributed by atoms with Gasteiger partial charge >= 0.3 is 0 Å². The Balaban J connectivity index is 1.52. The number of hydrogen-bond acceptors (Lipinski definition) is 6. The van der Waals surface area contributed by atoms with Gasteiger partial charge in [0, 0.05) is 24.2 Å². The number of hydrogen-bond donors (Lipinski definition) is 0. The fraction of sp³-hybridized carbons (Fsp3) is 0.148. The molecule has 0 unspecified atom stereocenters. The van der Waals surface area contributed by atoms with Crippen LogP contribution in [0.5, 0.6) is 0 Å². The molecular formula is C27H24ClN3O2S3. The summed E-state index contributed by atoms with van der Waals surface area (Å²) >= 11 is 9.86. The Hall–Kier alpha value is -2.75. The maximum Gasteiger partial charge on any atom is 0.175 e. The molecule has 0 aliphatic heterocycles. The van der Waals surface area contributed by atoms with Crippen LogP contribution in [-0.4, -0.2) is 36.4 Å². The molecule has 5 aromatic rings. The number of halogens is 1. The third-order valence-electron chi connectivity index (χ3n) is 5.71. The van der Waals surface area contributed by atoms with Crippen LogP contribution >= 0.6 is 34.3 Å². The topological polar surface area (TPSA) is 55.2 Å². The van der Waals surface area contributed by atoms with Crippen LogP contribution in [0, 0.1) is 0 Å². The number of aromatic nitrogens is 2. The van der Waals surface area contributed by atoms with Crippen LogP contribution in [0.2, 0.25) is 5.02 Å². The predicted octanol–water partition coefficient (Wildman–Crippen LogP) is 7.02. The molecule has 5 rings (SSSR count). The molecule has 0 saturated carbocycles. The quantitative estimate of drug-likeness (QED) is 0.207. The van der Waals surface area contributed by atoms with E-state index in [-0.39, 0.29) is 0 Å². The maximum absolute atomic E-state index is 12.0. The zero-order valence-corrected chi connectivity index (χ0v) is 23.0. The van der Waals surface area contributed by atoms with Gasteiger partial charge in [-0.25, -0.2) is 13.1 Å². The molecule has 0 N–H and O–H groups in total. The molecule has 36 heavy (non-hydrogen) atoms. The third-order valence-corrected chi connectivity index (χ3v) is 9.03. The van der Waals surface area contributed by atoms with Gasteiger partial charge in [0.05, 0.1) is 31.9 Å². The molecule has 0 amide bonds. The average molecular weight is 554 g/mol. The Morgan fingerprint density at radius 3 is 2.53 bits per heavy atom. The lowest BCUT2D eigenvalue weighted by Gasteiger charge is -2.14. The van der Waals surface area contributed by atoms with Crippen molar-refractivity contribution >= 4 is 44.1 Å². The fourth-order valence-electron chi connectivity index (χ4n) is 4.03. The van der Waals surface area contributed by atoms with Crippen molar-refractivity contribution < 1.29 is 8.42 Å². The summed E-state index contributed by atoms with van der Waals surface area (Å²) in [5.41, 5.74) is 4.85. The third kappa shape index (κ3) is 5.48. The van der Waals surface area contributed by atoms with E-state index in [0.717, 1.165) is 38.9 Å². The number of nitrogens with zero attached hydrogens (tertiary/aromatic N) is 3. The highest BCUT2D eigenvalue weighted by Gasteiger charge is 2.18. The average Bonchev–Trinajstić information content (AvgIpc) is 3.60. The minimum absolute atomic E-state index is 0.312. The van der Waals surface area contributed by atoms with Crippen LogP contribution in [0.25, 0.3) is 26.7 Å². The fourth-order valence-corrected chi connectivity index (χ4v) is 6.57. The minimum atomic E-state index is -3.28. The monoisotopic (exact) mass is 553 g/mol. The lowest BCUT2D eigenvalue weighted by atomic mass is 10.2. The smallest absolute Gasteiger partial charge is 0.175 e. The molecule has 184 valence electrons. The number of sulfone groups is 1. The summed E-state index contributed by atoms with van der Waals surface area (Å²) in [5.74, 6) is 0. The highest BCUT2D eigenvalue weighted by Crippen LogP contribution is 2.37.